The second-order valence-electron chi connectivity index (χ2n) is 6.63. The Bertz CT molecular complexity index is 872. The van der Waals surface area contributed by atoms with Crippen molar-refractivity contribution < 1.29 is 4.74 Å². The van der Waals surface area contributed by atoms with E-state index in [4.69, 9.17) is 10.5 Å². The molecule has 0 spiro atoms. The average molecular weight is 333 g/mol. The number of fused-ring (bicyclic) bond motifs is 1. The van der Waals surface area contributed by atoms with Crippen LogP contribution in [-0.2, 0) is 0 Å². The number of nitrogens with zero attached hydrogens (tertiary/aromatic N) is 1. The van der Waals surface area contributed by atoms with E-state index in [0.717, 1.165) is 47.5 Å². The van der Waals surface area contributed by atoms with Crippen molar-refractivity contribution in [3.8, 4) is 17.0 Å². The van der Waals surface area contributed by atoms with Gasteiger partial charge in [0.15, 0.2) is 0 Å². The van der Waals surface area contributed by atoms with Crippen LogP contribution in [0.1, 0.15) is 12.8 Å². The van der Waals surface area contributed by atoms with E-state index in [9.17, 15) is 0 Å². The molecule has 3 N–H and O–H groups in total. The van der Waals surface area contributed by atoms with Gasteiger partial charge in [0.05, 0.1) is 12.3 Å². The maximum Gasteiger partial charge on any atom is 0.127 e. The highest BCUT2D eigenvalue weighted by molar-refractivity contribution is 5.99. The van der Waals surface area contributed by atoms with Gasteiger partial charge in [-0.05, 0) is 49.0 Å². The van der Waals surface area contributed by atoms with Gasteiger partial charge in [-0.25, -0.2) is 4.98 Å². The lowest BCUT2D eigenvalue weighted by Crippen LogP contribution is -2.33. The largest absolute Gasteiger partial charge is 0.493 e. The monoisotopic (exact) mass is 333 g/mol. The Hall–Kier alpha value is -2.59. The quantitative estimate of drug-likeness (QED) is 0.761. The number of ether oxygens (including phenoxy) is 1. The molecular formula is C21H23N3O. The van der Waals surface area contributed by atoms with Crippen molar-refractivity contribution in [2.75, 3.05) is 25.4 Å². The predicted molar refractivity (Wildman–Crippen MR) is 103 cm³/mol. The van der Waals surface area contributed by atoms with Gasteiger partial charge in [-0.15, -0.1) is 0 Å². The van der Waals surface area contributed by atoms with Crippen molar-refractivity contribution in [3.05, 3.63) is 54.6 Å². The number of rotatable bonds is 4. The minimum atomic E-state index is 0.534. The number of nitrogen functional groups attached to an aromatic ring is 1. The number of piperidine rings is 1. The molecule has 4 nitrogen and oxygen atoms in total. The first-order valence-corrected chi connectivity index (χ1v) is 8.89. The summed E-state index contributed by atoms with van der Waals surface area (Å²) < 4.78 is 6.19. The molecule has 1 aliphatic rings. The van der Waals surface area contributed by atoms with Gasteiger partial charge in [-0.1, -0.05) is 30.3 Å². The molecule has 2 heterocycles. The van der Waals surface area contributed by atoms with Crippen LogP contribution in [0.2, 0.25) is 0 Å². The second-order valence-corrected chi connectivity index (χ2v) is 6.63. The molecule has 3 aromatic rings. The summed E-state index contributed by atoms with van der Waals surface area (Å²) in [5.41, 5.74) is 7.82. The van der Waals surface area contributed by atoms with E-state index in [1.54, 1.807) is 6.07 Å². The molecule has 0 bridgehead atoms. The molecule has 4 rings (SSSR count). The standard InChI is InChI=1S/C21H23N3O/c22-21-9-3-8-19(24-21)17-10-11-20(18-7-2-1-6-16(17)18)25-14-15-5-4-12-23-13-15/h1-3,6-11,15,23H,4-5,12-14H2,(H2,22,24). The smallest absolute Gasteiger partial charge is 0.127 e. The minimum absolute atomic E-state index is 0.534. The van der Waals surface area contributed by atoms with Crippen LogP contribution in [0.3, 0.4) is 0 Å². The lowest BCUT2D eigenvalue weighted by molar-refractivity contribution is 0.220. The van der Waals surface area contributed by atoms with Crippen molar-refractivity contribution in [1.29, 1.82) is 0 Å². The van der Waals surface area contributed by atoms with E-state index in [1.807, 2.05) is 24.3 Å². The Balaban J connectivity index is 1.67. The zero-order valence-electron chi connectivity index (χ0n) is 14.2. The zero-order chi connectivity index (χ0) is 17.1. The number of nitrogens with two attached hydrogens (primary N) is 1. The number of pyridine rings is 1. The fraction of sp³-hybridized carbons (Fsp3) is 0.286. The summed E-state index contributed by atoms with van der Waals surface area (Å²) in [4.78, 5) is 4.47. The molecule has 1 fully saturated rings. The lowest BCUT2D eigenvalue weighted by atomic mass is 10.00. The maximum absolute atomic E-state index is 6.19. The lowest BCUT2D eigenvalue weighted by Gasteiger charge is -2.23. The molecule has 2 aromatic carbocycles. The van der Waals surface area contributed by atoms with Crippen LogP contribution in [0.5, 0.6) is 5.75 Å². The number of benzene rings is 2. The van der Waals surface area contributed by atoms with Gasteiger partial charge in [0.2, 0.25) is 0 Å². The molecule has 0 radical (unpaired) electrons. The number of hydrogen-bond acceptors (Lipinski definition) is 4. The van der Waals surface area contributed by atoms with Crippen molar-refractivity contribution in [2.24, 2.45) is 5.92 Å². The summed E-state index contributed by atoms with van der Waals surface area (Å²) in [6.07, 6.45) is 2.46. The van der Waals surface area contributed by atoms with Crippen molar-refractivity contribution >= 4 is 16.6 Å². The molecule has 4 heteroatoms. The van der Waals surface area contributed by atoms with E-state index in [-0.39, 0.29) is 0 Å². The van der Waals surface area contributed by atoms with Crippen LogP contribution >= 0.6 is 0 Å². The SMILES string of the molecule is Nc1cccc(-c2ccc(OCC3CCCNC3)c3ccccc23)n1. The Kier molecular flexibility index (Phi) is 4.53. The van der Waals surface area contributed by atoms with Gasteiger partial charge in [-0.2, -0.15) is 0 Å². The van der Waals surface area contributed by atoms with Crippen LogP contribution < -0.4 is 15.8 Å². The van der Waals surface area contributed by atoms with Gasteiger partial charge in [-0.3, -0.25) is 0 Å². The van der Waals surface area contributed by atoms with E-state index >= 15 is 0 Å². The topological polar surface area (TPSA) is 60.2 Å². The maximum atomic E-state index is 6.19. The van der Waals surface area contributed by atoms with Crippen LogP contribution in [0.25, 0.3) is 22.0 Å². The predicted octanol–water partition coefficient (Wildman–Crippen LogP) is 3.86. The van der Waals surface area contributed by atoms with Gasteiger partial charge in [0.1, 0.15) is 11.6 Å². The van der Waals surface area contributed by atoms with Crippen LogP contribution in [-0.4, -0.2) is 24.7 Å². The van der Waals surface area contributed by atoms with Gasteiger partial charge < -0.3 is 15.8 Å². The average Bonchev–Trinajstić information content (AvgIpc) is 2.67. The highest BCUT2D eigenvalue weighted by Crippen LogP contribution is 2.34. The van der Waals surface area contributed by atoms with Crippen molar-refractivity contribution in [1.82, 2.24) is 10.3 Å². The number of nitrogens with one attached hydrogen (secondary N) is 1. The summed E-state index contributed by atoms with van der Waals surface area (Å²) in [5, 5.41) is 5.70. The molecule has 1 unspecified atom stereocenters. The third-order valence-corrected chi connectivity index (χ3v) is 4.80. The Morgan fingerprint density at radius 2 is 1.92 bits per heavy atom. The summed E-state index contributed by atoms with van der Waals surface area (Å²) in [7, 11) is 0. The van der Waals surface area contributed by atoms with Gasteiger partial charge in [0, 0.05) is 23.4 Å². The molecule has 1 aromatic heterocycles. The summed E-state index contributed by atoms with van der Waals surface area (Å²) in [6, 6.07) is 18.2. The third kappa shape index (κ3) is 3.44. The summed E-state index contributed by atoms with van der Waals surface area (Å²) in [5.74, 6) is 2.06. The van der Waals surface area contributed by atoms with Crippen molar-refractivity contribution in [3.63, 3.8) is 0 Å². The van der Waals surface area contributed by atoms with Crippen molar-refractivity contribution in [2.45, 2.75) is 12.8 Å². The molecule has 1 saturated heterocycles. The fourth-order valence-electron chi connectivity index (χ4n) is 3.50. The Morgan fingerprint density at radius 3 is 2.72 bits per heavy atom. The summed E-state index contributed by atoms with van der Waals surface area (Å²) >= 11 is 0. The van der Waals surface area contributed by atoms with E-state index in [0.29, 0.717) is 11.7 Å². The first-order valence-electron chi connectivity index (χ1n) is 8.89. The Morgan fingerprint density at radius 1 is 1.04 bits per heavy atom. The van der Waals surface area contributed by atoms with E-state index < -0.39 is 0 Å². The molecule has 1 aliphatic heterocycles. The molecule has 128 valence electrons. The number of hydrogen-bond donors (Lipinski definition) is 2. The minimum Gasteiger partial charge on any atom is -0.493 e. The number of anilines is 1. The fourth-order valence-corrected chi connectivity index (χ4v) is 3.50. The molecule has 0 amide bonds. The zero-order valence-corrected chi connectivity index (χ0v) is 14.2. The van der Waals surface area contributed by atoms with E-state index in [2.05, 4.69) is 34.6 Å². The van der Waals surface area contributed by atoms with Crippen LogP contribution in [0.15, 0.2) is 54.6 Å². The second kappa shape index (κ2) is 7.11. The molecular weight excluding hydrogens is 310 g/mol. The third-order valence-electron chi connectivity index (χ3n) is 4.80. The van der Waals surface area contributed by atoms with E-state index in [1.165, 1.54) is 12.8 Å². The molecule has 0 aliphatic carbocycles. The Labute approximate surface area is 148 Å². The highest BCUT2D eigenvalue weighted by Gasteiger charge is 2.15. The van der Waals surface area contributed by atoms with Crippen LogP contribution in [0.4, 0.5) is 5.82 Å². The molecule has 1 atom stereocenters. The normalized spacial score (nSPS) is 17.5. The van der Waals surface area contributed by atoms with Crippen LogP contribution in [0, 0.1) is 5.92 Å². The molecule has 25 heavy (non-hydrogen) atoms. The summed E-state index contributed by atoms with van der Waals surface area (Å²) in [6.45, 7) is 2.93. The highest BCUT2D eigenvalue weighted by atomic mass is 16.5. The first kappa shape index (κ1) is 15.9. The van der Waals surface area contributed by atoms with Gasteiger partial charge >= 0.3 is 0 Å². The first-order chi connectivity index (χ1) is 12.3. The van der Waals surface area contributed by atoms with Gasteiger partial charge in [0.25, 0.3) is 0 Å². The molecule has 0 saturated carbocycles. The number of aromatic nitrogens is 1.